The number of hydrogen-bond acceptors (Lipinski definition) is 5. The molecule has 0 unspecified atom stereocenters. The molecule has 1 aromatic heterocycles. The maximum atomic E-state index is 12.3. The number of nitrogen functional groups attached to an aromatic ring is 1. The van der Waals surface area contributed by atoms with Gasteiger partial charge in [0.05, 0.1) is 17.0 Å². The number of carbonyl (C=O) groups excluding carboxylic acids is 1. The third-order valence-electron chi connectivity index (χ3n) is 3.27. The van der Waals surface area contributed by atoms with Crippen molar-refractivity contribution in [1.29, 1.82) is 0 Å². The summed E-state index contributed by atoms with van der Waals surface area (Å²) in [6.45, 7) is 5.83. The minimum atomic E-state index is -0.321. The quantitative estimate of drug-likeness (QED) is 0.839. The molecule has 6 heteroatoms. The molecule has 0 aliphatic rings. The standard InChI is InChI=1S/C15H19N5O/c1-4-11-12(5-2)19-20-15(17-11)18-14(21)13-9(3)7-6-8-10(13)16/h6-8H,4-5,16H2,1-3H3,(H,17,18,20,21). The van der Waals surface area contributed by atoms with Crippen molar-refractivity contribution in [3.63, 3.8) is 0 Å². The Kier molecular flexibility index (Phi) is 4.47. The van der Waals surface area contributed by atoms with Crippen molar-refractivity contribution in [2.24, 2.45) is 0 Å². The fourth-order valence-electron chi connectivity index (χ4n) is 2.16. The Morgan fingerprint density at radius 2 is 1.90 bits per heavy atom. The van der Waals surface area contributed by atoms with Gasteiger partial charge in [-0.1, -0.05) is 26.0 Å². The first-order valence-corrected chi connectivity index (χ1v) is 6.95. The van der Waals surface area contributed by atoms with E-state index in [1.54, 1.807) is 6.07 Å². The number of nitrogens with zero attached hydrogens (tertiary/aromatic N) is 3. The number of carbonyl (C=O) groups is 1. The van der Waals surface area contributed by atoms with Crippen LogP contribution in [-0.2, 0) is 12.8 Å². The van der Waals surface area contributed by atoms with Crippen LogP contribution in [0, 0.1) is 6.92 Å². The van der Waals surface area contributed by atoms with E-state index in [9.17, 15) is 4.79 Å². The van der Waals surface area contributed by atoms with Crippen molar-refractivity contribution in [3.05, 3.63) is 40.7 Å². The number of rotatable bonds is 4. The third kappa shape index (κ3) is 3.16. The van der Waals surface area contributed by atoms with Gasteiger partial charge in [-0.25, -0.2) is 4.98 Å². The van der Waals surface area contributed by atoms with Crippen LogP contribution >= 0.6 is 0 Å². The van der Waals surface area contributed by atoms with Gasteiger partial charge >= 0.3 is 0 Å². The SMILES string of the molecule is CCc1nnc(NC(=O)c2c(C)cccc2N)nc1CC. The molecular weight excluding hydrogens is 266 g/mol. The van der Waals surface area contributed by atoms with E-state index < -0.39 is 0 Å². The van der Waals surface area contributed by atoms with Crippen LogP contribution in [0.4, 0.5) is 11.6 Å². The molecule has 1 amide bonds. The van der Waals surface area contributed by atoms with Crippen molar-refractivity contribution < 1.29 is 4.79 Å². The van der Waals surface area contributed by atoms with E-state index in [1.165, 1.54) is 0 Å². The molecule has 110 valence electrons. The van der Waals surface area contributed by atoms with Gasteiger partial charge in [-0.15, -0.1) is 10.2 Å². The lowest BCUT2D eigenvalue weighted by atomic mass is 10.1. The molecule has 1 aromatic carbocycles. The first-order chi connectivity index (χ1) is 10.1. The van der Waals surface area contributed by atoms with Crippen LogP contribution in [0.2, 0.25) is 0 Å². The highest BCUT2D eigenvalue weighted by molar-refractivity contribution is 6.08. The molecule has 0 aliphatic carbocycles. The fourth-order valence-corrected chi connectivity index (χ4v) is 2.16. The fraction of sp³-hybridized carbons (Fsp3) is 0.333. The Morgan fingerprint density at radius 1 is 1.19 bits per heavy atom. The Labute approximate surface area is 123 Å². The van der Waals surface area contributed by atoms with E-state index in [1.807, 2.05) is 32.9 Å². The molecule has 0 saturated heterocycles. The van der Waals surface area contributed by atoms with Crippen molar-refractivity contribution in [2.75, 3.05) is 11.1 Å². The maximum absolute atomic E-state index is 12.3. The molecule has 0 fully saturated rings. The smallest absolute Gasteiger partial charge is 0.260 e. The van der Waals surface area contributed by atoms with Crippen molar-refractivity contribution in [2.45, 2.75) is 33.6 Å². The van der Waals surface area contributed by atoms with Crippen LogP contribution < -0.4 is 11.1 Å². The van der Waals surface area contributed by atoms with Gasteiger partial charge in [0.15, 0.2) is 0 Å². The van der Waals surface area contributed by atoms with Crippen LogP contribution in [0.5, 0.6) is 0 Å². The van der Waals surface area contributed by atoms with Crippen LogP contribution in [0.3, 0.4) is 0 Å². The summed E-state index contributed by atoms with van der Waals surface area (Å²) < 4.78 is 0. The van der Waals surface area contributed by atoms with Gasteiger partial charge < -0.3 is 5.73 Å². The van der Waals surface area contributed by atoms with Gasteiger partial charge in [0, 0.05) is 5.69 Å². The molecule has 0 atom stereocenters. The summed E-state index contributed by atoms with van der Waals surface area (Å²) >= 11 is 0. The van der Waals surface area contributed by atoms with Crippen LogP contribution in [-0.4, -0.2) is 21.1 Å². The highest BCUT2D eigenvalue weighted by Crippen LogP contribution is 2.17. The van der Waals surface area contributed by atoms with Crippen LogP contribution in [0.25, 0.3) is 0 Å². The molecule has 2 aromatic rings. The summed E-state index contributed by atoms with van der Waals surface area (Å²) in [6.07, 6.45) is 1.51. The largest absolute Gasteiger partial charge is 0.398 e. The van der Waals surface area contributed by atoms with Gasteiger partial charge in [-0.2, -0.15) is 0 Å². The van der Waals surface area contributed by atoms with Gasteiger partial charge in [0.1, 0.15) is 0 Å². The molecule has 0 spiro atoms. The average Bonchev–Trinajstić information content (AvgIpc) is 2.46. The minimum absolute atomic E-state index is 0.205. The molecule has 0 radical (unpaired) electrons. The van der Waals surface area contributed by atoms with E-state index >= 15 is 0 Å². The van der Waals surface area contributed by atoms with Gasteiger partial charge in [0.25, 0.3) is 5.91 Å². The Bertz CT molecular complexity index is 649. The second-order valence-electron chi connectivity index (χ2n) is 4.73. The lowest BCUT2D eigenvalue weighted by Crippen LogP contribution is -2.18. The molecule has 21 heavy (non-hydrogen) atoms. The highest BCUT2D eigenvalue weighted by Gasteiger charge is 2.15. The monoisotopic (exact) mass is 285 g/mol. The molecule has 6 nitrogen and oxygen atoms in total. The van der Waals surface area contributed by atoms with E-state index in [4.69, 9.17) is 5.73 Å². The second kappa shape index (κ2) is 6.30. The molecule has 2 rings (SSSR count). The Hall–Kier alpha value is -2.50. The third-order valence-corrected chi connectivity index (χ3v) is 3.27. The Morgan fingerprint density at radius 3 is 2.52 bits per heavy atom. The van der Waals surface area contributed by atoms with Gasteiger partial charge in [-0.05, 0) is 31.4 Å². The number of amides is 1. The van der Waals surface area contributed by atoms with Crippen molar-refractivity contribution >= 4 is 17.5 Å². The zero-order valence-electron chi connectivity index (χ0n) is 12.5. The minimum Gasteiger partial charge on any atom is -0.398 e. The molecule has 0 bridgehead atoms. The number of aryl methyl sites for hydroxylation is 3. The average molecular weight is 285 g/mol. The first-order valence-electron chi connectivity index (χ1n) is 6.95. The number of anilines is 2. The molecular formula is C15H19N5O. The summed E-state index contributed by atoms with van der Waals surface area (Å²) in [5.41, 5.74) is 9.24. The predicted molar refractivity (Wildman–Crippen MR) is 82.1 cm³/mol. The second-order valence-corrected chi connectivity index (χ2v) is 4.73. The number of nitrogens with one attached hydrogen (secondary N) is 1. The maximum Gasteiger partial charge on any atom is 0.260 e. The molecule has 1 heterocycles. The van der Waals surface area contributed by atoms with E-state index in [2.05, 4.69) is 20.5 Å². The normalized spacial score (nSPS) is 10.4. The summed E-state index contributed by atoms with van der Waals surface area (Å²) in [7, 11) is 0. The number of hydrogen-bond donors (Lipinski definition) is 2. The number of nitrogens with two attached hydrogens (primary N) is 1. The van der Waals surface area contributed by atoms with Crippen molar-refractivity contribution in [1.82, 2.24) is 15.2 Å². The lowest BCUT2D eigenvalue weighted by molar-refractivity contribution is 0.102. The predicted octanol–water partition coefficient (Wildman–Crippen LogP) is 2.14. The molecule has 0 saturated carbocycles. The van der Waals surface area contributed by atoms with E-state index in [-0.39, 0.29) is 11.9 Å². The summed E-state index contributed by atoms with van der Waals surface area (Å²) in [4.78, 5) is 16.7. The van der Waals surface area contributed by atoms with Crippen LogP contribution in [0.1, 0.15) is 41.2 Å². The van der Waals surface area contributed by atoms with Crippen molar-refractivity contribution in [3.8, 4) is 0 Å². The lowest BCUT2D eigenvalue weighted by Gasteiger charge is -2.10. The van der Waals surface area contributed by atoms with Gasteiger partial charge in [0.2, 0.25) is 5.95 Å². The number of aromatic nitrogens is 3. The molecule has 3 N–H and O–H groups in total. The summed E-state index contributed by atoms with van der Waals surface area (Å²) in [5, 5.41) is 10.7. The first kappa shape index (κ1) is 14.9. The van der Waals surface area contributed by atoms with Crippen LogP contribution in [0.15, 0.2) is 18.2 Å². The zero-order valence-corrected chi connectivity index (χ0v) is 12.5. The summed E-state index contributed by atoms with van der Waals surface area (Å²) in [6, 6.07) is 5.34. The van der Waals surface area contributed by atoms with Gasteiger partial charge in [-0.3, -0.25) is 10.1 Å². The summed E-state index contributed by atoms with van der Waals surface area (Å²) in [5.74, 6) is -0.115. The number of benzene rings is 1. The van der Waals surface area contributed by atoms with E-state index in [0.717, 1.165) is 29.8 Å². The molecule has 0 aliphatic heterocycles. The van der Waals surface area contributed by atoms with E-state index in [0.29, 0.717) is 11.3 Å². The zero-order chi connectivity index (χ0) is 15.4. The topological polar surface area (TPSA) is 93.8 Å². The highest BCUT2D eigenvalue weighted by atomic mass is 16.1. The Balaban J connectivity index is 2.28.